The molecule has 6 nitrogen and oxygen atoms in total. The lowest BCUT2D eigenvalue weighted by molar-refractivity contribution is 0.0743. The molecule has 0 aromatic heterocycles. The van der Waals surface area contributed by atoms with Gasteiger partial charge in [0.2, 0.25) is 10.0 Å². The lowest BCUT2D eigenvalue weighted by Gasteiger charge is -2.23. The molecule has 0 spiro atoms. The van der Waals surface area contributed by atoms with Gasteiger partial charge in [0.25, 0.3) is 5.91 Å². The SMILES string of the molecule is CCCN(Cc1ccc(C#N)cc1)C(=O)c1cc(C)c(C)c(S(=O)(=O)NC)c1. The van der Waals surface area contributed by atoms with E-state index in [9.17, 15) is 13.2 Å². The van der Waals surface area contributed by atoms with E-state index in [1.165, 1.54) is 13.1 Å². The number of carbonyl (C=O) groups is 1. The zero-order chi connectivity index (χ0) is 20.9. The Hall–Kier alpha value is -2.69. The average Bonchev–Trinajstić information content (AvgIpc) is 2.69. The van der Waals surface area contributed by atoms with Gasteiger partial charge in [0.1, 0.15) is 0 Å². The Morgan fingerprint density at radius 3 is 2.36 bits per heavy atom. The number of rotatable bonds is 7. The minimum Gasteiger partial charge on any atom is -0.334 e. The highest BCUT2D eigenvalue weighted by molar-refractivity contribution is 7.89. The number of nitrogens with zero attached hydrogens (tertiary/aromatic N) is 2. The van der Waals surface area contributed by atoms with Crippen molar-refractivity contribution in [3.8, 4) is 6.07 Å². The molecule has 7 heteroatoms. The van der Waals surface area contributed by atoms with E-state index < -0.39 is 10.0 Å². The number of sulfonamides is 1. The standard InChI is InChI=1S/C21H25N3O3S/c1-5-10-24(14-18-8-6-17(13-22)7-9-18)21(25)19-11-15(2)16(3)20(12-19)28(26,27)23-4/h6-9,11-12,23H,5,10,14H2,1-4H3. The number of hydrogen-bond donors (Lipinski definition) is 1. The monoisotopic (exact) mass is 399 g/mol. The maximum Gasteiger partial charge on any atom is 0.254 e. The number of nitriles is 1. The van der Waals surface area contributed by atoms with E-state index in [-0.39, 0.29) is 10.8 Å². The molecule has 0 aliphatic carbocycles. The van der Waals surface area contributed by atoms with Crippen molar-refractivity contribution in [1.82, 2.24) is 9.62 Å². The summed E-state index contributed by atoms with van der Waals surface area (Å²) in [5, 5.41) is 8.92. The third-order valence-electron chi connectivity index (χ3n) is 4.66. The fourth-order valence-corrected chi connectivity index (χ4v) is 4.02. The van der Waals surface area contributed by atoms with Crippen molar-refractivity contribution in [2.24, 2.45) is 0 Å². The molecule has 1 amide bonds. The first-order chi connectivity index (χ1) is 13.2. The summed E-state index contributed by atoms with van der Waals surface area (Å²) in [6, 6.07) is 12.3. The van der Waals surface area contributed by atoms with Crippen LogP contribution in [0.15, 0.2) is 41.3 Å². The van der Waals surface area contributed by atoms with Gasteiger partial charge in [-0.25, -0.2) is 13.1 Å². The van der Waals surface area contributed by atoms with Crippen molar-refractivity contribution < 1.29 is 13.2 Å². The lowest BCUT2D eigenvalue weighted by atomic mass is 10.0. The maximum absolute atomic E-state index is 13.2. The predicted molar refractivity (Wildman–Crippen MR) is 108 cm³/mol. The number of carbonyl (C=O) groups excluding carboxylic acids is 1. The van der Waals surface area contributed by atoms with Gasteiger partial charge in [0.15, 0.2) is 0 Å². The topological polar surface area (TPSA) is 90.3 Å². The largest absolute Gasteiger partial charge is 0.334 e. The zero-order valence-electron chi connectivity index (χ0n) is 16.6. The quantitative estimate of drug-likeness (QED) is 0.774. The molecule has 28 heavy (non-hydrogen) atoms. The van der Waals surface area contributed by atoms with Gasteiger partial charge >= 0.3 is 0 Å². The van der Waals surface area contributed by atoms with Gasteiger partial charge in [-0.2, -0.15) is 5.26 Å². The molecule has 0 saturated heterocycles. The van der Waals surface area contributed by atoms with Gasteiger partial charge in [-0.3, -0.25) is 4.79 Å². The first-order valence-electron chi connectivity index (χ1n) is 9.06. The molecule has 0 heterocycles. The van der Waals surface area contributed by atoms with E-state index in [1.807, 2.05) is 19.1 Å². The Bertz CT molecular complexity index is 1010. The number of nitrogens with one attached hydrogen (secondary N) is 1. The second-order valence-electron chi connectivity index (χ2n) is 6.66. The number of amides is 1. The Morgan fingerprint density at radius 1 is 1.18 bits per heavy atom. The molecule has 0 fully saturated rings. The third-order valence-corrected chi connectivity index (χ3v) is 6.20. The highest BCUT2D eigenvalue weighted by atomic mass is 32.2. The Labute approximate surface area is 166 Å². The van der Waals surface area contributed by atoms with Crippen LogP contribution in [0.25, 0.3) is 0 Å². The van der Waals surface area contributed by atoms with E-state index in [0.29, 0.717) is 29.8 Å². The minimum atomic E-state index is -3.66. The number of aryl methyl sites for hydroxylation is 1. The highest BCUT2D eigenvalue weighted by Crippen LogP contribution is 2.22. The Kier molecular flexibility index (Phi) is 6.95. The van der Waals surface area contributed by atoms with Crippen molar-refractivity contribution in [3.05, 3.63) is 64.2 Å². The fraction of sp³-hybridized carbons (Fsp3) is 0.333. The van der Waals surface area contributed by atoms with Crippen LogP contribution in [0, 0.1) is 25.2 Å². The molecule has 0 radical (unpaired) electrons. The highest BCUT2D eigenvalue weighted by Gasteiger charge is 2.22. The van der Waals surface area contributed by atoms with Crippen molar-refractivity contribution in [1.29, 1.82) is 5.26 Å². The summed E-state index contributed by atoms with van der Waals surface area (Å²) < 4.78 is 27.0. The van der Waals surface area contributed by atoms with Crippen molar-refractivity contribution in [3.63, 3.8) is 0 Å². The molecule has 2 rings (SSSR count). The van der Waals surface area contributed by atoms with Gasteiger partial charge in [-0.1, -0.05) is 19.1 Å². The lowest BCUT2D eigenvalue weighted by Crippen LogP contribution is -2.32. The van der Waals surface area contributed by atoms with Crippen LogP contribution in [0.3, 0.4) is 0 Å². The summed E-state index contributed by atoms with van der Waals surface area (Å²) in [7, 11) is -2.31. The van der Waals surface area contributed by atoms with Crippen LogP contribution in [0.1, 0.15) is 46.0 Å². The van der Waals surface area contributed by atoms with E-state index in [0.717, 1.165) is 17.5 Å². The molecule has 2 aromatic rings. The summed E-state index contributed by atoms with van der Waals surface area (Å²) in [6.45, 7) is 6.44. The van der Waals surface area contributed by atoms with E-state index in [2.05, 4.69) is 10.8 Å². The third kappa shape index (κ3) is 4.77. The molecule has 2 aromatic carbocycles. The summed E-state index contributed by atoms with van der Waals surface area (Å²) in [5.74, 6) is -0.220. The van der Waals surface area contributed by atoms with Crippen molar-refractivity contribution in [2.45, 2.75) is 38.6 Å². The van der Waals surface area contributed by atoms with Crippen LogP contribution < -0.4 is 4.72 Å². The molecule has 0 unspecified atom stereocenters. The van der Waals surface area contributed by atoms with Crippen LogP contribution in [-0.2, 0) is 16.6 Å². The molecule has 0 atom stereocenters. The van der Waals surface area contributed by atoms with Crippen molar-refractivity contribution in [2.75, 3.05) is 13.6 Å². The van der Waals surface area contributed by atoms with Gasteiger partial charge < -0.3 is 4.90 Å². The smallest absolute Gasteiger partial charge is 0.254 e. The minimum absolute atomic E-state index is 0.119. The van der Waals surface area contributed by atoms with Crippen LogP contribution >= 0.6 is 0 Å². The summed E-state index contributed by atoms with van der Waals surface area (Å²) in [5.41, 5.74) is 3.19. The summed E-state index contributed by atoms with van der Waals surface area (Å²) >= 11 is 0. The molecular weight excluding hydrogens is 374 g/mol. The maximum atomic E-state index is 13.2. The second-order valence-corrected chi connectivity index (χ2v) is 8.51. The van der Waals surface area contributed by atoms with Gasteiger partial charge in [0.05, 0.1) is 16.5 Å². The zero-order valence-corrected chi connectivity index (χ0v) is 17.4. The average molecular weight is 400 g/mol. The molecule has 0 saturated carbocycles. The molecule has 0 bridgehead atoms. The van der Waals surface area contributed by atoms with Crippen LogP contribution in [0.5, 0.6) is 0 Å². The predicted octanol–water partition coefficient (Wildman–Crippen LogP) is 3.14. The molecular formula is C21H25N3O3S. The van der Waals surface area contributed by atoms with Crippen LogP contribution in [-0.4, -0.2) is 32.8 Å². The first kappa shape index (κ1) is 21.6. The number of hydrogen-bond acceptors (Lipinski definition) is 4. The van der Waals surface area contributed by atoms with Crippen molar-refractivity contribution >= 4 is 15.9 Å². The van der Waals surface area contributed by atoms with Crippen LogP contribution in [0.2, 0.25) is 0 Å². The summed E-state index contributed by atoms with van der Waals surface area (Å²) in [4.78, 5) is 15.0. The molecule has 1 N–H and O–H groups in total. The van der Waals surface area contributed by atoms with Gasteiger partial charge in [0, 0.05) is 18.7 Å². The van der Waals surface area contributed by atoms with E-state index in [1.54, 1.807) is 36.9 Å². The van der Waals surface area contributed by atoms with Crippen LogP contribution in [0.4, 0.5) is 0 Å². The Balaban J connectivity index is 2.40. The second kappa shape index (κ2) is 9.00. The van der Waals surface area contributed by atoms with Gasteiger partial charge in [-0.15, -0.1) is 0 Å². The summed E-state index contributed by atoms with van der Waals surface area (Å²) in [6.07, 6.45) is 0.772. The first-order valence-corrected chi connectivity index (χ1v) is 10.5. The normalized spacial score (nSPS) is 11.1. The fourth-order valence-electron chi connectivity index (χ4n) is 2.95. The van der Waals surface area contributed by atoms with Gasteiger partial charge in [-0.05, 0) is 68.3 Å². The molecule has 0 aliphatic rings. The number of benzene rings is 2. The van der Waals surface area contributed by atoms with E-state index in [4.69, 9.17) is 5.26 Å². The van der Waals surface area contributed by atoms with E-state index >= 15 is 0 Å². The molecule has 148 valence electrons. The molecule has 0 aliphatic heterocycles. The Morgan fingerprint density at radius 2 is 1.82 bits per heavy atom.